The molecule has 0 saturated heterocycles. The lowest BCUT2D eigenvalue weighted by Crippen LogP contribution is -2.61. The Morgan fingerprint density at radius 3 is 1.32 bits per heavy atom. The molecule has 0 unspecified atom stereocenters. The molecule has 0 bridgehead atoms. The topological polar surface area (TPSA) is 16.3 Å². The van der Waals surface area contributed by atoms with Crippen LogP contribution in [0.1, 0.15) is 105 Å². The van der Waals surface area contributed by atoms with Crippen molar-refractivity contribution in [1.82, 2.24) is 8.96 Å². The van der Waals surface area contributed by atoms with E-state index < -0.39 is 0 Å². The van der Waals surface area contributed by atoms with Gasteiger partial charge in [0.25, 0.3) is 0 Å². The van der Waals surface area contributed by atoms with Crippen LogP contribution in [0.15, 0.2) is 170 Å². The maximum atomic E-state index is 2.78. The van der Waals surface area contributed by atoms with E-state index in [9.17, 15) is 0 Å². The highest BCUT2D eigenvalue weighted by Gasteiger charge is 2.48. The minimum atomic E-state index is -0.113. The van der Waals surface area contributed by atoms with Crippen molar-refractivity contribution in [2.75, 3.05) is 9.80 Å². The molecule has 0 aliphatic carbocycles. The minimum Gasteiger partial charge on any atom is -0.375 e. The average molecular weight is 983 g/mol. The second kappa shape index (κ2) is 15.0. The number of nitrogens with zero attached hydrogens (tertiary/aromatic N) is 4. The van der Waals surface area contributed by atoms with Gasteiger partial charge in [-0.25, -0.2) is 0 Å². The Hall–Kier alpha value is -7.69. The van der Waals surface area contributed by atoms with Crippen LogP contribution in [0.3, 0.4) is 0 Å². The molecule has 2 aromatic heterocycles. The Balaban J connectivity index is 1.12. The van der Waals surface area contributed by atoms with Crippen LogP contribution in [-0.4, -0.2) is 22.7 Å². The summed E-state index contributed by atoms with van der Waals surface area (Å²) >= 11 is 0. The molecular formula is C70H64B2N4. The fourth-order valence-electron chi connectivity index (χ4n) is 14.1. The molecule has 6 heterocycles. The molecular weight excluding hydrogens is 918 g/mol. The van der Waals surface area contributed by atoms with Gasteiger partial charge in [-0.05, 0) is 162 Å². The van der Waals surface area contributed by atoms with E-state index in [4.69, 9.17) is 0 Å². The number of benzene rings is 9. The average Bonchev–Trinajstić information content (AvgIpc) is 3.89. The number of para-hydroxylation sites is 2. The van der Waals surface area contributed by atoms with Gasteiger partial charge in [0.2, 0.25) is 0 Å². The standard InChI is InChI=1S/C70H64B2N4/c1-67(2,3)41-32-33-56-48(34-41)51-37-42(68(4,5)6)35-49-46-26-19-30-58-63(46)71(75(56)65(49)51)54-39-55-61(40-60(54)73(58)44-22-15-13-16-23-44)74(45-24-17-14-18-25-45)59-31-20-27-47-50-36-43(69(7,8)9)38-52-62-53(70(10,11)12)28-21-29-57(62)76(66(50)52)72(55)64(47)59/h13-40H,1-12H3. The van der Waals surface area contributed by atoms with Gasteiger partial charge in [-0.3, -0.25) is 0 Å². The van der Waals surface area contributed by atoms with Crippen LogP contribution in [0.25, 0.3) is 65.9 Å². The second-order valence-electron chi connectivity index (χ2n) is 26.6. The Morgan fingerprint density at radius 1 is 0.329 bits per heavy atom. The zero-order valence-electron chi connectivity index (χ0n) is 46.1. The lowest BCUT2D eigenvalue weighted by atomic mass is 9.41. The number of aromatic nitrogens is 2. The Morgan fingerprint density at radius 2 is 0.803 bits per heavy atom. The third kappa shape index (κ3) is 6.10. The monoisotopic (exact) mass is 983 g/mol. The van der Waals surface area contributed by atoms with Crippen molar-refractivity contribution in [2.45, 2.75) is 105 Å². The Bertz CT molecular complexity index is 4340. The van der Waals surface area contributed by atoms with Crippen LogP contribution in [0.2, 0.25) is 0 Å². The maximum absolute atomic E-state index is 2.78. The van der Waals surface area contributed by atoms with Crippen molar-refractivity contribution in [1.29, 1.82) is 0 Å². The summed E-state index contributed by atoms with van der Waals surface area (Å²) in [4.78, 5) is 5.17. The molecule has 0 saturated carbocycles. The fourth-order valence-corrected chi connectivity index (χ4v) is 14.1. The van der Waals surface area contributed by atoms with E-state index in [0.717, 1.165) is 11.4 Å². The fraction of sp³-hybridized carbons (Fsp3) is 0.229. The van der Waals surface area contributed by atoms with Crippen molar-refractivity contribution in [3.63, 3.8) is 0 Å². The minimum absolute atomic E-state index is 0.00944. The lowest BCUT2D eigenvalue weighted by molar-refractivity contribution is 0.590. The van der Waals surface area contributed by atoms with Crippen LogP contribution in [0.4, 0.5) is 34.1 Å². The SMILES string of the molecule is CC(C)(C)c1ccc2c(c1)c1cc(C(C)(C)C)cc3c1n2B1c2cc4c(cc2N(c2ccccc2)c2cccc-3c21)N(c1ccccc1)c1cccc2c1B4n1c3cccc(C(C)(C)C)c3c3cc(C(C)(C)C)cc-2c31. The van der Waals surface area contributed by atoms with Gasteiger partial charge in [0.1, 0.15) is 0 Å². The van der Waals surface area contributed by atoms with Crippen molar-refractivity contribution in [2.24, 2.45) is 0 Å². The first-order valence-electron chi connectivity index (χ1n) is 27.7. The highest BCUT2D eigenvalue weighted by atomic mass is 15.2. The van der Waals surface area contributed by atoms with Gasteiger partial charge in [-0.2, -0.15) is 0 Å². The summed E-state index contributed by atoms with van der Waals surface area (Å²) < 4.78 is 5.54. The summed E-state index contributed by atoms with van der Waals surface area (Å²) in [5.74, 6) is 0. The van der Waals surface area contributed by atoms with Crippen LogP contribution < -0.4 is 31.7 Å². The summed E-state index contributed by atoms with van der Waals surface area (Å²) in [5.41, 5.74) is 28.3. The zero-order valence-corrected chi connectivity index (χ0v) is 46.1. The number of fused-ring (bicyclic) bond motifs is 14. The van der Waals surface area contributed by atoms with Crippen LogP contribution in [-0.2, 0) is 21.7 Å². The molecule has 11 aromatic rings. The molecule has 4 aliphatic rings. The predicted molar refractivity (Wildman–Crippen MR) is 328 cm³/mol. The van der Waals surface area contributed by atoms with E-state index in [2.05, 4.69) is 272 Å². The first kappa shape index (κ1) is 45.7. The molecule has 0 fully saturated rings. The van der Waals surface area contributed by atoms with Gasteiger partial charge in [0, 0.05) is 88.9 Å². The largest absolute Gasteiger partial charge is 0.375 e. The summed E-state index contributed by atoms with van der Waals surface area (Å²) in [6, 6.07) is 66.4. The second-order valence-corrected chi connectivity index (χ2v) is 26.6. The third-order valence-corrected chi connectivity index (χ3v) is 17.8. The zero-order chi connectivity index (χ0) is 52.3. The molecule has 0 atom stereocenters. The maximum Gasteiger partial charge on any atom is 0.333 e. The molecule has 0 amide bonds. The molecule has 0 spiro atoms. The molecule has 4 aliphatic heterocycles. The number of rotatable bonds is 2. The molecule has 9 aromatic carbocycles. The van der Waals surface area contributed by atoms with Crippen LogP contribution >= 0.6 is 0 Å². The van der Waals surface area contributed by atoms with Gasteiger partial charge < -0.3 is 18.8 Å². The van der Waals surface area contributed by atoms with E-state index in [0.29, 0.717) is 0 Å². The highest BCUT2D eigenvalue weighted by molar-refractivity contribution is 6.93. The van der Waals surface area contributed by atoms with E-state index in [1.54, 1.807) is 0 Å². The first-order chi connectivity index (χ1) is 36.3. The van der Waals surface area contributed by atoms with Gasteiger partial charge in [-0.15, -0.1) is 0 Å². The quantitative estimate of drug-likeness (QED) is 0.161. The molecule has 6 heteroatoms. The van der Waals surface area contributed by atoms with E-state index in [1.165, 1.54) is 133 Å². The van der Waals surface area contributed by atoms with Gasteiger partial charge >= 0.3 is 13.7 Å². The van der Waals surface area contributed by atoms with Crippen molar-refractivity contribution >= 4 is 113 Å². The van der Waals surface area contributed by atoms with Gasteiger partial charge in [0.15, 0.2) is 0 Å². The summed E-state index contributed by atoms with van der Waals surface area (Å²) in [7, 11) is 0. The van der Waals surface area contributed by atoms with Crippen molar-refractivity contribution in [3.05, 3.63) is 192 Å². The van der Waals surface area contributed by atoms with E-state index in [1.807, 2.05) is 0 Å². The number of hydrogen-bond donors (Lipinski definition) is 0. The third-order valence-electron chi connectivity index (χ3n) is 17.8. The summed E-state index contributed by atoms with van der Waals surface area (Å²) in [6.07, 6.45) is 0. The number of anilines is 6. The Labute approximate surface area is 448 Å². The van der Waals surface area contributed by atoms with Crippen molar-refractivity contribution in [3.8, 4) is 22.3 Å². The summed E-state index contributed by atoms with van der Waals surface area (Å²) in [5, 5.41) is 5.40. The van der Waals surface area contributed by atoms with Gasteiger partial charge in [-0.1, -0.05) is 168 Å². The smallest absolute Gasteiger partial charge is 0.333 e. The molecule has 76 heavy (non-hydrogen) atoms. The van der Waals surface area contributed by atoms with Gasteiger partial charge in [0.05, 0.1) is 0 Å². The van der Waals surface area contributed by atoms with E-state index >= 15 is 0 Å². The highest BCUT2D eigenvalue weighted by Crippen LogP contribution is 2.52. The van der Waals surface area contributed by atoms with Crippen LogP contribution in [0, 0.1) is 0 Å². The Kier molecular flexibility index (Phi) is 9.04. The molecule has 0 N–H and O–H groups in total. The lowest BCUT2D eigenvalue weighted by Gasteiger charge is -2.44. The first-order valence-corrected chi connectivity index (χ1v) is 27.7. The van der Waals surface area contributed by atoms with Crippen molar-refractivity contribution < 1.29 is 0 Å². The van der Waals surface area contributed by atoms with E-state index in [-0.39, 0.29) is 35.4 Å². The molecule has 370 valence electrons. The normalized spacial score (nSPS) is 14.5. The van der Waals surface area contributed by atoms with Crippen LogP contribution in [0.5, 0.6) is 0 Å². The molecule has 15 rings (SSSR count). The predicted octanol–water partition coefficient (Wildman–Crippen LogP) is 15.9. The number of hydrogen-bond acceptors (Lipinski definition) is 2. The molecule has 0 radical (unpaired) electrons. The summed E-state index contributed by atoms with van der Waals surface area (Å²) in [6.45, 7) is 28.2. The molecule has 4 nitrogen and oxygen atoms in total.